The number of halogens is 2. The maximum atomic E-state index is 15.5. The SMILES string of the molecule is CC(C)(C)[Si](O[C@@H]1CCN([C@@H]2Cc3c(F)cc(Cl)cc3[C@@H]2Oc2ccc(S(=O)(=O)NCCOCCOCCN)cc2)C1)(c1ccccc1)c1ccccc1. The summed E-state index contributed by atoms with van der Waals surface area (Å²) in [7, 11) is -6.57. The van der Waals surface area contributed by atoms with Gasteiger partial charge in [-0.3, -0.25) is 4.90 Å². The zero-order valence-electron chi connectivity index (χ0n) is 31.2. The lowest BCUT2D eigenvalue weighted by molar-refractivity contribution is 0.0530. The third kappa shape index (κ3) is 9.09. The highest BCUT2D eigenvalue weighted by Gasteiger charge is 2.53. The number of sulfonamides is 1. The Morgan fingerprint density at radius 1 is 0.907 bits per heavy atom. The van der Waals surface area contributed by atoms with Crippen molar-refractivity contribution in [3.05, 3.63) is 119 Å². The molecule has 0 bridgehead atoms. The van der Waals surface area contributed by atoms with Gasteiger partial charge in [-0.25, -0.2) is 17.5 Å². The van der Waals surface area contributed by atoms with Crippen LogP contribution in [0.25, 0.3) is 0 Å². The lowest BCUT2D eigenvalue weighted by atomic mass is 10.1. The fourth-order valence-corrected chi connectivity index (χ4v) is 13.7. The molecular weight excluding hydrogens is 745 g/mol. The van der Waals surface area contributed by atoms with Gasteiger partial charge in [0.25, 0.3) is 8.32 Å². The normalized spacial score (nSPS) is 19.3. The molecule has 54 heavy (non-hydrogen) atoms. The molecule has 0 radical (unpaired) electrons. The second-order valence-electron chi connectivity index (χ2n) is 14.8. The molecule has 3 atom stereocenters. The Kier molecular flexibility index (Phi) is 13.3. The molecule has 13 heteroatoms. The average Bonchev–Trinajstić information content (AvgIpc) is 3.77. The van der Waals surface area contributed by atoms with Gasteiger partial charge in [0.15, 0.2) is 0 Å². The second-order valence-corrected chi connectivity index (χ2v) is 21.3. The van der Waals surface area contributed by atoms with Crippen molar-refractivity contribution >= 4 is 40.3 Å². The van der Waals surface area contributed by atoms with Crippen molar-refractivity contribution in [3.8, 4) is 5.75 Å². The molecule has 0 saturated carbocycles. The number of nitrogens with one attached hydrogen (secondary N) is 1. The van der Waals surface area contributed by atoms with Crippen LogP contribution in [0.15, 0.2) is 102 Å². The Balaban J connectivity index is 1.18. The fraction of sp³-hybridized carbons (Fsp3) is 0.415. The van der Waals surface area contributed by atoms with E-state index in [-0.39, 0.29) is 41.0 Å². The van der Waals surface area contributed by atoms with Crippen LogP contribution in [-0.2, 0) is 30.3 Å². The molecule has 9 nitrogen and oxygen atoms in total. The van der Waals surface area contributed by atoms with Crippen LogP contribution in [0.3, 0.4) is 0 Å². The van der Waals surface area contributed by atoms with Gasteiger partial charge in [0.1, 0.15) is 17.7 Å². The third-order valence-electron chi connectivity index (χ3n) is 10.2. The zero-order valence-corrected chi connectivity index (χ0v) is 33.8. The minimum Gasteiger partial charge on any atom is -0.484 e. The maximum absolute atomic E-state index is 15.5. The number of benzene rings is 4. The number of hydrogen-bond donors (Lipinski definition) is 2. The molecule has 3 N–H and O–H groups in total. The highest BCUT2D eigenvalue weighted by molar-refractivity contribution is 7.89. The minimum absolute atomic E-state index is 0.0546. The maximum Gasteiger partial charge on any atom is 0.261 e. The smallest absolute Gasteiger partial charge is 0.261 e. The number of hydrogen-bond acceptors (Lipinski definition) is 8. The number of fused-ring (bicyclic) bond motifs is 1. The van der Waals surface area contributed by atoms with Crippen LogP contribution in [0.1, 0.15) is 44.4 Å². The van der Waals surface area contributed by atoms with E-state index < -0.39 is 24.4 Å². The molecule has 1 saturated heterocycles. The van der Waals surface area contributed by atoms with E-state index in [0.717, 1.165) is 13.0 Å². The standard InChI is InChI=1S/C41H51ClFN3O6SSi/c1-41(2,3)54(34-10-6-4-7-11-34,35-12-8-5-9-13-35)52-32-18-21-46(29-32)39-28-36-37(26-30(42)27-38(36)43)40(39)51-31-14-16-33(17-15-31)53(47,48)45-20-23-50-25-24-49-22-19-44/h4-17,26-27,32,39-40,45H,18-25,28-29,44H2,1-3H3/t32-,39-,40+/m1/s1. The Bertz CT molecular complexity index is 1900. The van der Waals surface area contributed by atoms with Crippen molar-refractivity contribution in [2.24, 2.45) is 5.73 Å². The van der Waals surface area contributed by atoms with Crippen LogP contribution in [0, 0.1) is 5.82 Å². The minimum atomic E-state index is -3.78. The summed E-state index contributed by atoms with van der Waals surface area (Å²) in [6.07, 6.45) is 0.680. The third-order valence-corrected chi connectivity index (χ3v) is 17.0. The lowest BCUT2D eigenvalue weighted by Gasteiger charge is -2.44. The molecule has 2 aliphatic rings. The molecule has 1 fully saturated rings. The lowest BCUT2D eigenvalue weighted by Crippen LogP contribution is -2.67. The Morgan fingerprint density at radius 2 is 1.54 bits per heavy atom. The number of nitrogens with two attached hydrogens (primary N) is 1. The van der Waals surface area contributed by atoms with E-state index in [0.29, 0.717) is 61.2 Å². The Morgan fingerprint density at radius 3 is 2.15 bits per heavy atom. The first kappa shape index (κ1) is 40.5. The molecule has 0 amide bonds. The molecule has 4 aromatic carbocycles. The quantitative estimate of drug-likeness (QED) is 0.107. The largest absolute Gasteiger partial charge is 0.484 e. The number of ether oxygens (including phenoxy) is 3. The van der Waals surface area contributed by atoms with E-state index >= 15 is 4.39 Å². The van der Waals surface area contributed by atoms with Gasteiger partial charge < -0.3 is 24.4 Å². The van der Waals surface area contributed by atoms with Crippen molar-refractivity contribution in [2.45, 2.75) is 61.8 Å². The van der Waals surface area contributed by atoms with E-state index in [2.05, 4.69) is 78.9 Å². The highest BCUT2D eigenvalue weighted by Crippen LogP contribution is 2.43. The Labute approximate surface area is 325 Å². The van der Waals surface area contributed by atoms with Gasteiger partial charge in [-0.15, -0.1) is 0 Å². The van der Waals surface area contributed by atoms with Crippen molar-refractivity contribution in [1.29, 1.82) is 0 Å². The topological polar surface area (TPSA) is 112 Å². The van der Waals surface area contributed by atoms with E-state index in [1.165, 1.54) is 28.6 Å². The number of nitrogens with zero attached hydrogens (tertiary/aromatic N) is 1. The first-order valence-electron chi connectivity index (χ1n) is 18.6. The predicted molar refractivity (Wildman–Crippen MR) is 213 cm³/mol. The molecule has 0 spiro atoms. The van der Waals surface area contributed by atoms with Crippen LogP contribution in [-0.4, -0.2) is 86.4 Å². The van der Waals surface area contributed by atoms with Crippen LogP contribution in [0.5, 0.6) is 5.75 Å². The summed E-state index contributed by atoms with van der Waals surface area (Å²) in [5, 5.41) is 2.59. The molecule has 6 rings (SSSR count). The molecule has 1 heterocycles. The van der Waals surface area contributed by atoms with Crippen molar-refractivity contribution in [2.75, 3.05) is 52.6 Å². The molecule has 290 valence electrons. The van der Waals surface area contributed by atoms with Gasteiger partial charge in [-0.05, 0) is 70.2 Å². The van der Waals surface area contributed by atoms with Gasteiger partial charge >= 0.3 is 0 Å². The first-order valence-corrected chi connectivity index (χ1v) is 22.3. The van der Waals surface area contributed by atoms with Gasteiger partial charge in [-0.2, -0.15) is 0 Å². The summed E-state index contributed by atoms with van der Waals surface area (Å²) < 4.78 is 68.8. The molecule has 1 aliphatic heterocycles. The summed E-state index contributed by atoms with van der Waals surface area (Å²) in [6, 6.07) is 30.5. The van der Waals surface area contributed by atoms with E-state index in [1.54, 1.807) is 18.2 Å². The van der Waals surface area contributed by atoms with Crippen LogP contribution in [0.2, 0.25) is 10.1 Å². The summed E-state index contributed by atoms with van der Waals surface area (Å²) in [4.78, 5) is 2.46. The molecule has 0 aromatic heterocycles. The van der Waals surface area contributed by atoms with Crippen molar-refractivity contribution in [1.82, 2.24) is 9.62 Å². The van der Waals surface area contributed by atoms with Crippen LogP contribution < -0.4 is 25.6 Å². The zero-order chi connectivity index (χ0) is 38.3. The molecule has 4 aromatic rings. The fourth-order valence-electron chi connectivity index (χ4n) is 7.75. The van der Waals surface area contributed by atoms with Crippen LogP contribution in [0.4, 0.5) is 4.39 Å². The van der Waals surface area contributed by atoms with E-state index in [4.69, 9.17) is 36.0 Å². The number of likely N-dealkylation sites (tertiary alicyclic amines) is 1. The van der Waals surface area contributed by atoms with E-state index in [1.807, 2.05) is 12.1 Å². The van der Waals surface area contributed by atoms with Gasteiger partial charge in [0.05, 0.1) is 43.5 Å². The summed E-state index contributed by atoms with van der Waals surface area (Å²) in [5.74, 6) is 0.116. The van der Waals surface area contributed by atoms with Gasteiger partial charge in [-0.1, -0.05) is 93.0 Å². The van der Waals surface area contributed by atoms with Gasteiger partial charge in [0.2, 0.25) is 10.0 Å². The second kappa shape index (κ2) is 17.7. The first-order chi connectivity index (χ1) is 25.9. The monoisotopic (exact) mass is 795 g/mol. The summed E-state index contributed by atoms with van der Waals surface area (Å²) in [5.41, 5.74) is 6.68. The summed E-state index contributed by atoms with van der Waals surface area (Å²) in [6.45, 7) is 10.2. The molecular formula is C41H51ClFN3O6SSi. The average molecular weight is 796 g/mol. The van der Waals surface area contributed by atoms with Crippen molar-refractivity contribution < 1.29 is 31.4 Å². The predicted octanol–water partition coefficient (Wildman–Crippen LogP) is 5.45. The van der Waals surface area contributed by atoms with Crippen molar-refractivity contribution in [3.63, 3.8) is 0 Å². The highest BCUT2D eigenvalue weighted by atomic mass is 35.5. The summed E-state index contributed by atoms with van der Waals surface area (Å²) >= 11 is 6.40. The Hall–Kier alpha value is -3.17. The molecule has 1 aliphatic carbocycles. The number of rotatable bonds is 17. The van der Waals surface area contributed by atoms with E-state index in [9.17, 15) is 8.42 Å². The van der Waals surface area contributed by atoms with Gasteiger partial charge in [0, 0.05) is 36.8 Å². The molecule has 0 unspecified atom stereocenters. The van der Waals surface area contributed by atoms with Crippen LogP contribution >= 0.6 is 11.6 Å².